The molecule has 0 amide bonds. The predicted octanol–water partition coefficient (Wildman–Crippen LogP) is 4.51. The van der Waals surface area contributed by atoms with E-state index in [1.54, 1.807) is 24.4 Å². The number of esters is 1. The molecule has 0 aliphatic carbocycles. The number of aromatic nitrogens is 1. The van der Waals surface area contributed by atoms with Crippen LogP contribution in [0.25, 0.3) is 11.1 Å². The van der Waals surface area contributed by atoms with Crippen molar-refractivity contribution in [3.63, 3.8) is 0 Å². The second kappa shape index (κ2) is 10.1. The van der Waals surface area contributed by atoms with Gasteiger partial charge in [0.25, 0.3) is 0 Å². The molecule has 0 unspecified atom stereocenters. The van der Waals surface area contributed by atoms with E-state index in [0.717, 1.165) is 30.5 Å². The topological polar surface area (TPSA) is 62.7 Å². The lowest BCUT2D eigenvalue weighted by molar-refractivity contribution is 0.0484. The maximum atomic E-state index is 12.1. The van der Waals surface area contributed by atoms with Crippen molar-refractivity contribution in [2.24, 2.45) is 0 Å². The lowest BCUT2D eigenvalue weighted by Gasteiger charge is -2.30. The number of aromatic hydroxyl groups is 1. The van der Waals surface area contributed by atoms with Gasteiger partial charge in [0, 0.05) is 23.8 Å². The number of rotatable bonds is 9. The van der Waals surface area contributed by atoms with Gasteiger partial charge in [-0.05, 0) is 70.8 Å². The summed E-state index contributed by atoms with van der Waals surface area (Å²) >= 11 is 0. The number of benzene rings is 1. The molecule has 0 aliphatic heterocycles. The summed E-state index contributed by atoms with van der Waals surface area (Å²) in [5.74, 6) is -0.173. The third kappa shape index (κ3) is 6.36. The summed E-state index contributed by atoms with van der Waals surface area (Å²) in [7, 11) is 0. The van der Waals surface area contributed by atoms with Crippen LogP contribution in [-0.4, -0.2) is 46.2 Å². The standard InChI is InChI=1S/C22H30N2O3/c1-16(2)24(17(3)4)13-5-6-14-27-22(26)21-12-9-19(15-23-21)18-7-10-20(25)11-8-18/h7-12,15-17,25H,5-6,13-14H2,1-4H3. The summed E-state index contributed by atoms with van der Waals surface area (Å²) in [6.07, 6.45) is 3.48. The first-order chi connectivity index (χ1) is 12.9. The second-order valence-electron chi connectivity index (χ2n) is 7.25. The fraction of sp³-hybridized carbons (Fsp3) is 0.455. The van der Waals surface area contributed by atoms with Gasteiger partial charge in [0.15, 0.2) is 0 Å². The Kier molecular flexibility index (Phi) is 7.80. The highest BCUT2D eigenvalue weighted by Crippen LogP contribution is 2.21. The molecule has 5 heteroatoms. The van der Waals surface area contributed by atoms with Crippen molar-refractivity contribution in [2.75, 3.05) is 13.2 Å². The van der Waals surface area contributed by atoms with Gasteiger partial charge in [-0.25, -0.2) is 9.78 Å². The van der Waals surface area contributed by atoms with Gasteiger partial charge in [-0.2, -0.15) is 0 Å². The van der Waals surface area contributed by atoms with Gasteiger partial charge in [0.1, 0.15) is 11.4 Å². The van der Waals surface area contributed by atoms with E-state index < -0.39 is 5.97 Å². The molecule has 1 aromatic carbocycles. The molecule has 2 aromatic rings. The molecule has 146 valence electrons. The molecule has 0 saturated carbocycles. The smallest absolute Gasteiger partial charge is 0.356 e. The summed E-state index contributed by atoms with van der Waals surface area (Å²) in [6, 6.07) is 11.4. The number of nitrogens with zero attached hydrogens (tertiary/aromatic N) is 2. The van der Waals surface area contributed by atoms with E-state index in [4.69, 9.17) is 4.74 Å². The Bertz CT molecular complexity index is 701. The van der Waals surface area contributed by atoms with E-state index in [0.29, 0.717) is 24.4 Å². The van der Waals surface area contributed by atoms with Gasteiger partial charge in [-0.3, -0.25) is 4.90 Å². The molecule has 0 saturated heterocycles. The first-order valence-corrected chi connectivity index (χ1v) is 9.57. The first-order valence-electron chi connectivity index (χ1n) is 9.57. The molecular weight excluding hydrogens is 340 g/mol. The quantitative estimate of drug-likeness (QED) is 0.520. The van der Waals surface area contributed by atoms with Gasteiger partial charge in [0.05, 0.1) is 6.61 Å². The second-order valence-corrected chi connectivity index (χ2v) is 7.25. The zero-order valence-corrected chi connectivity index (χ0v) is 16.7. The summed E-state index contributed by atoms with van der Waals surface area (Å²) in [5.41, 5.74) is 2.12. The Labute approximate surface area is 162 Å². The van der Waals surface area contributed by atoms with E-state index >= 15 is 0 Å². The molecule has 0 spiro atoms. The fourth-order valence-electron chi connectivity index (χ4n) is 3.09. The Balaban J connectivity index is 1.78. The van der Waals surface area contributed by atoms with E-state index in [1.165, 1.54) is 0 Å². The van der Waals surface area contributed by atoms with Crippen LogP contribution in [-0.2, 0) is 4.74 Å². The van der Waals surface area contributed by atoms with Crippen LogP contribution in [0.2, 0.25) is 0 Å². The zero-order valence-electron chi connectivity index (χ0n) is 16.7. The fourth-order valence-corrected chi connectivity index (χ4v) is 3.09. The Hall–Kier alpha value is -2.40. The Morgan fingerprint density at radius 1 is 1.00 bits per heavy atom. The van der Waals surface area contributed by atoms with E-state index in [1.807, 2.05) is 18.2 Å². The number of hydrogen-bond donors (Lipinski definition) is 1. The number of phenols is 1. The number of carbonyl (C=O) groups excluding carboxylic acids is 1. The van der Waals surface area contributed by atoms with Crippen molar-refractivity contribution < 1.29 is 14.6 Å². The van der Waals surface area contributed by atoms with Crippen molar-refractivity contribution in [3.05, 3.63) is 48.3 Å². The molecule has 1 aromatic heterocycles. The molecule has 1 N–H and O–H groups in total. The van der Waals surface area contributed by atoms with Crippen molar-refractivity contribution in [1.82, 2.24) is 9.88 Å². The molecule has 5 nitrogen and oxygen atoms in total. The van der Waals surface area contributed by atoms with Gasteiger partial charge >= 0.3 is 5.97 Å². The van der Waals surface area contributed by atoms with Crippen LogP contribution in [0.15, 0.2) is 42.6 Å². The van der Waals surface area contributed by atoms with Gasteiger partial charge in [-0.15, -0.1) is 0 Å². The van der Waals surface area contributed by atoms with Crippen LogP contribution in [0, 0.1) is 0 Å². The lowest BCUT2D eigenvalue weighted by atomic mass is 10.1. The SMILES string of the molecule is CC(C)N(CCCCOC(=O)c1ccc(-c2ccc(O)cc2)cn1)C(C)C. The highest BCUT2D eigenvalue weighted by molar-refractivity contribution is 5.87. The molecule has 0 atom stereocenters. The van der Waals surface area contributed by atoms with Crippen molar-refractivity contribution in [2.45, 2.75) is 52.6 Å². The minimum atomic E-state index is -0.392. The average Bonchev–Trinajstić information content (AvgIpc) is 2.64. The molecule has 27 heavy (non-hydrogen) atoms. The van der Waals surface area contributed by atoms with Crippen molar-refractivity contribution >= 4 is 5.97 Å². The van der Waals surface area contributed by atoms with E-state index in [9.17, 15) is 9.90 Å². The van der Waals surface area contributed by atoms with Gasteiger partial charge in [-0.1, -0.05) is 18.2 Å². The van der Waals surface area contributed by atoms with Crippen molar-refractivity contribution in [3.8, 4) is 16.9 Å². The maximum absolute atomic E-state index is 12.1. The molecule has 0 fully saturated rings. The van der Waals surface area contributed by atoms with Crippen LogP contribution in [0.4, 0.5) is 0 Å². The maximum Gasteiger partial charge on any atom is 0.356 e. The summed E-state index contributed by atoms with van der Waals surface area (Å²) < 4.78 is 5.34. The summed E-state index contributed by atoms with van der Waals surface area (Å²) in [4.78, 5) is 18.8. The summed E-state index contributed by atoms with van der Waals surface area (Å²) in [6.45, 7) is 10.2. The average molecular weight is 370 g/mol. The highest BCUT2D eigenvalue weighted by Gasteiger charge is 2.13. The predicted molar refractivity (Wildman–Crippen MR) is 108 cm³/mol. The van der Waals surface area contributed by atoms with Crippen LogP contribution in [0.1, 0.15) is 51.0 Å². The number of pyridine rings is 1. The van der Waals surface area contributed by atoms with Gasteiger partial charge < -0.3 is 9.84 Å². The molecular formula is C22H30N2O3. The molecule has 1 heterocycles. The van der Waals surface area contributed by atoms with Crippen LogP contribution in [0.3, 0.4) is 0 Å². The number of hydrogen-bond acceptors (Lipinski definition) is 5. The highest BCUT2D eigenvalue weighted by atomic mass is 16.5. The number of unbranched alkanes of at least 4 members (excludes halogenated alkanes) is 1. The molecule has 2 rings (SSSR count). The van der Waals surface area contributed by atoms with E-state index in [2.05, 4.69) is 37.6 Å². The lowest BCUT2D eigenvalue weighted by Crippen LogP contribution is -2.37. The largest absolute Gasteiger partial charge is 0.508 e. The third-order valence-corrected chi connectivity index (χ3v) is 4.54. The first kappa shape index (κ1) is 20.9. The minimum absolute atomic E-state index is 0.219. The number of ether oxygens (including phenoxy) is 1. The minimum Gasteiger partial charge on any atom is -0.508 e. The summed E-state index contributed by atoms with van der Waals surface area (Å²) in [5, 5.41) is 9.35. The van der Waals surface area contributed by atoms with Crippen LogP contribution < -0.4 is 0 Å². The zero-order chi connectivity index (χ0) is 19.8. The number of carbonyl (C=O) groups is 1. The van der Waals surface area contributed by atoms with Crippen LogP contribution in [0.5, 0.6) is 5.75 Å². The Morgan fingerprint density at radius 2 is 1.63 bits per heavy atom. The molecule has 0 radical (unpaired) electrons. The molecule has 0 bridgehead atoms. The molecule has 0 aliphatic rings. The number of phenolic OH excluding ortho intramolecular Hbond substituents is 1. The van der Waals surface area contributed by atoms with E-state index in [-0.39, 0.29) is 5.75 Å². The van der Waals surface area contributed by atoms with Crippen LogP contribution >= 0.6 is 0 Å². The monoisotopic (exact) mass is 370 g/mol. The third-order valence-electron chi connectivity index (χ3n) is 4.54. The Morgan fingerprint density at radius 3 is 2.19 bits per heavy atom. The normalized spacial score (nSPS) is 11.4. The van der Waals surface area contributed by atoms with Crippen molar-refractivity contribution in [1.29, 1.82) is 0 Å². The van der Waals surface area contributed by atoms with Gasteiger partial charge in [0.2, 0.25) is 0 Å².